The number of thiocarbonyl (C=S) groups is 1. The van der Waals surface area contributed by atoms with Gasteiger partial charge in [-0.2, -0.15) is 0 Å². The Bertz CT molecular complexity index is 823. The first kappa shape index (κ1) is 22.8. The zero-order chi connectivity index (χ0) is 21.4. The fourth-order valence-electron chi connectivity index (χ4n) is 3.14. The van der Waals surface area contributed by atoms with E-state index in [9.17, 15) is 10.2 Å². The molecule has 7 nitrogen and oxygen atoms in total. The Hall–Kier alpha value is -2.51. The summed E-state index contributed by atoms with van der Waals surface area (Å²) in [5.41, 5.74) is 2.08. The monoisotopic (exact) mass is 417 g/mol. The molecule has 1 atom stereocenters. The number of nitrogens with one attached hydrogen (secondary N) is 2. The summed E-state index contributed by atoms with van der Waals surface area (Å²) < 4.78 is 15.1. The number of ether oxygens (including phenoxy) is 3. The number of esters is 1. The topological polar surface area (TPSA) is 83.5 Å². The highest BCUT2D eigenvalue weighted by Crippen LogP contribution is 2.37. The third-order valence-corrected chi connectivity index (χ3v) is 5.17. The van der Waals surface area contributed by atoms with Gasteiger partial charge in [-0.3, -0.25) is 5.87 Å². The molecule has 1 fully saturated rings. The Morgan fingerprint density at radius 1 is 1.28 bits per heavy atom. The van der Waals surface area contributed by atoms with Crippen molar-refractivity contribution in [2.24, 2.45) is 0 Å². The number of rotatable bonds is 3. The number of methoxy groups -OCH3 is 2. The van der Waals surface area contributed by atoms with Gasteiger partial charge in [0.15, 0.2) is 0 Å². The maximum Gasteiger partial charge on any atom is 0.336 e. The Kier molecular flexibility index (Phi) is 8.54. The number of allylic oxidation sites excluding steroid dienone is 1. The van der Waals surface area contributed by atoms with E-state index in [0.717, 1.165) is 18.8 Å². The van der Waals surface area contributed by atoms with Crippen LogP contribution in [0.3, 0.4) is 0 Å². The molecule has 0 amide bonds. The van der Waals surface area contributed by atoms with E-state index in [2.05, 4.69) is 18.2 Å². The number of hydrogen-bond acceptors (Lipinski definition) is 5. The number of likely N-dealkylation sites (N-methyl/N-ethyl adjacent to an activating group) is 1. The minimum atomic E-state index is -0.544. The maximum absolute atomic E-state index is 12.1. The van der Waals surface area contributed by atoms with E-state index in [1.54, 1.807) is 31.1 Å². The van der Waals surface area contributed by atoms with Crippen LogP contribution in [0, 0.1) is 0 Å². The summed E-state index contributed by atoms with van der Waals surface area (Å²) in [5.74, 6) is 1.76. The maximum atomic E-state index is 12.1. The summed E-state index contributed by atoms with van der Waals surface area (Å²) in [4.78, 5) is 14.1. The average Bonchev–Trinajstić information content (AvgIpc) is 2.74. The zero-order valence-corrected chi connectivity index (χ0v) is 18.0. The average molecular weight is 418 g/mol. The van der Waals surface area contributed by atoms with Crippen LogP contribution in [0.5, 0.6) is 5.75 Å². The molecule has 0 spiro atoms. The Morgan fingerprint density at radius 2 is 1.90 bits per heavy atom. The Balaban J connectivity index is 0.000000360. The predicted molar refractivity (Wildman–Crippen MR) is 116 cm³/mol. The van der Waals surface area contributed by atoms with Gasteiger partial charge in [0.1, 0.15) is 23.8 Å². The second-order valence-electron chi connectivity index (χ2n) is 6.79. The summed E-state index contributed by atoms with van der Waals surface area (Å²) in [6.45, 7) is 6.00. The normalized spacial score (nSPS) is 19.5. The minimum Gasteiger partial charge on any atom is -0.763 e. The standard InChI is InChI=1S/C16H15N2O3S.C5H11NO/c1-9-13(16(19)21-3)14(12(8-17)15(22)18-9)10-4-6-11(20-2)7-5-10;1-6-2-4-7-5-3-6/h4-7,14H,1-3H3,(H,18,22);2-5H2,1H3/q-1;/p+1. The number of benzene rings is 1. The first-order chi connectivity index (χ1) is 13.9. The van der Waals surface area contributed by atoms with Gasteiger partial charge in [-0.1, -0.05) is 24.4 Å². The number of carbonyl (C=O) groups excluding carboxylic acids is 1. The zero-order valence-electron chi connectivity index (χ0n) is 17.2. The smallest absolute Gasteiger partial charge is 0.336 e. The Labute approximate surface area is 176 Å². The van der Waals surface area contributed by atoms with Crippen molar-refractivity contribution in [3.63, 3.8) is 0 Å². The minimum absolute atomic E-state index is 0.325. The highest BCUT2D eigenvalue weighted by molar-refractivity contribution is 7.80. The van der Waals surface area contributed by atoms with Crippen molar-refractivity contribution in [1.29, 1.82) is 0 Å². The second-order valence-corrected chi connectivity index (χ2v) is 7.19. The summed E-state index contributed by atoms with van der Waals surface area (Å²) in [6.07, 6.45) is 0. The number of nitrogens with zero attached hydrogens (tertiary/aromatic N) is 1. The van der Waals surface area contributed by atoms with Crippen molar-refractivity contribution in [1.82, 2.24) is 5.32 Å². The fraction of sp³-hybridized carbons (Fsp3) is 0.429. The lowest BCUT2D eigenvalue weighted by atomic mass is 9.81. The van der Waals surface area contributed by atoms with Crippen LogP contribution in [-0.2, 0) is 14.3 Å². The van der Waals surface area contributed by atoms with Gasteiger partial charge in [-0.15, -0.1) is 0 Å². The second kappa shape index (κ2) is 10.9. The van der Waals surface area contributed by atoms with Crippen molar-refractivity contribution in [2.45, 2.75) is 12.8 Å². The molecule has 0 bridgehead atoms. The molecule has 2 aliphatic rings. The molecule has 1 unspecified atom stereocenters. The molecular formula is C21H27N3O4S. The molecule has 1 aromatic carbocycles. The van der Waals surface area contributed by atoms with Crippen LogP contribution in [0.15, 0.2) is 41.1 Å². The summed E-state index contributed by atoms with van der Waals surface area (Å²) in [7, 11) is 5.08. The lowest BCUT2D eigenvalue weighted by Gasteiger charge is -2.30. The van der Waals surface area contributed by atoms with E-state index < -0.39 is 11.9 Å². The third-order valence-electron chi connectivity index (χ3n) is 4.85. The first-order valence-electron chi connectivity index (χ1n) is 9.33. The van der Waals surface area contributed by atoms with Gasteiger partial charge in [0.25, 0.3) is 0 Å². The van der Waals surface area contributed by atoms with Crippen molar-refractivity contribution in [2.75, 3.05) is 47.6 Å². The van der Waals surface area contributed by atoms with Gasteiger partial charge in [0.05, 0.1) is 46.0 Å². The summed E-state index contributed by atoms with van der Waals surface area (Å²) in [5, 5.41) is 12.3. The van der Waals surface area contributed by atoms with Crippen LogP contribution in [0.25, 0.3) is 5.41 Å². The molecule has 0 aliphatic carbocycles. The van der Waals surface area contributed by atoms with Crippen LogP contribution in [0.2, 0.25) is 0 Å². The molecular weight excluding hydrogens is 390 g/mol. The molecule has 2 aliphatic heterocycles. The van der Waals surface area contributed by atoms with E-state index in [1.165, 1.54) is 20.2 Å². The molecule has 0 radical (unpaired) electrons. The van der Waals surface area contributed by atoms with Crippen LogP contribution < -0.4 is 15.0 Å². The molecule has 156 valence electrons. The largest absolute Gasteiger partial charge is 0.763 e. The van der Waals surface area contributed by atoms with Gasteiger partial charge >= 0.3 is 5.97 Å². The quantitative estimate of drug-likeness (QED) is 0.328. The van der Waals surface area contributed by atoms with Gasteiger partial charge < -0.3 is 29.8 Å². The number of morpholine rings is 1. The summed E-state index contributed by atoms with van der Waals surface area (Å²) in [6, 6.07) is 7.18. The van der Waals surface area contributed by atoms with Crippen molar-refractivity contribution in [3.05, 3.63) is 52.1 Å². The lowest BCUT2D eigenvalue weighted by Crippen LogP contribution is -3.11. The van der Waals surface area contributed by atoms with Crippen molar-refractivity contribution >= 4 is 29.0 Å². The van der Waals surface area contributed by atoms with Crippen LogP contribution in [-0.4, -0.2) is 64.4 Å². The van der Waals surface area contributed by atoms with Gasteiger partial charge in [0, 0.05) is 11.3 Å². The number of carbonyl (C=O) groups is 1. The lowest BCUT2D eigenvalue weighted by molar-refractivity contribution is -0.888. The van der Waals surface area contributed by atoms with E-state index in [-0.39, 0.29) is 0 Å². The molecule has 2 heterocycles. The van der Waals surface area contributed by atoms with E-state index in [0.29, 0.717) is 27.6 Å². The molecule has 0 aromatic heterocycles. The van der Waals surface area contributed by atoms with E-state index >= 15 is 0 Å². The van der Waals surface area contributed by atoms with Crippen molar-refractivity contribution in [3.8, 4) is 5.75 Å². The SMILES string of the molecule is COC(=O)C1=C(C)NC(=S)C(=C=[N-])C1c1ccc(OC)cc1.C[NH+]1CCOCC1. The Morgan fingerprint density at radius 3 is 2.34 bits per heavy atom. The van der Waals surface area contributed by atoms with Gasteiger partial charge in [-0.05, 0) is 24.6 Å². The van der Waals surface area contributed by atoms with Crippen LogP contribution >= 0.6 is 12.2 Å². The van der Waals surface area contributed by atoms with Gasteiger partial charge in [0.2, 0.25) is 0 Å². The third kappa shape index (κ3) is 5.74. The molecule has 29 heavy (non-hydrogen) atoms. The highest BCUT2D eigenvalue weighted by Gasteiger charge is 2.34. The predicted octanol–water partition coefficient (Wildman–Crippen LogP) is 0.853. The molecule has 3 rings (SSSR count). The van der Waals surface area contributed by atoms with Crippen molar-refractivity contribution < 1.29 is 23.9 Å². The molecule has 8 heteroatoms. The van der Waals surface area contributed by atoms with E-state index in [4.69, 9.17) is 26.4 Å². The summed E-state index contributed by atoms with van der Waals surface area (Å²) >= 11 is 5.22. The number of quaternary nitrogens is 1. The molecule has 1 saturated heterocycles. The van der Waals surface area contributed by atoms with E-state index in [1.807, 2.05) is 12.1 Å². The van der Waals surface area contributed by atoms with Crippen LogP contribution in [0.4, 0.5) is 0 Å². The highest BCUT2D eigenvalue weighted by atomic mass is 32.1. The molecule has 2 N–H and O–H groups in total. The van der Waals surface area contributed by atoms with Crippen LogP contribution in [0.1, 0.15) is 18.4 Å². The fourth-order valence-corrected chi connectivity index (χ4v) is 3.46. The number of hydrogen-bond donors (Lipinski definition) is 2. The van der Waals surface area contributed by atoms with Gasteiger partial charge in [-0.25, -0.2) is 4.79 Å². The molecule has 0 saturated carbocycles. The molecule has 1 aromatic rings. The first-order valence-corrected chi connectivity index (χ1v) is 9.74.